The average Bonchev–Trinajstić information content (AvgIpc) is 3.17. The van der Waals surface area contributed by atoms with Crippen molar-refractivity contribution in [2.24, 2.45) is 10.2 Å². The zero-order chi connectivity index (χ0) is 17.9. The SMILES string of the molecule is O=C1CSC(=NN=Cc2cccc(Oc3nnc(C(F)(F)F)s3)c2)N1. The fraction of sp³-hybridized carbons (Fsp3) is 0.154. The predicted octanol–water partition coefficient (Wildman–Crippen LogP) is 2.90. The molecule has 7 nitrogen and oxygen atoms in total. The van der Waals surface area contributed by atoms with Crippen molar-refractivity contribution < 1.29 is 22.7 Å². The second-order valence-corrected chi connectivity index (χ2v) is 6.44. The van der Waals surface area contributed by atoms with E-state index in [1.807, 2.05) is 0 Å². The molecule has 12 heteroatoms. The minimum absolute atomic E-state index is 0.135. The van der Waals surface area contributed by atoms with Crippen molar-refractivity contribution in [1.29, 1.82) is 0 Å². The highest BCUT2D eigenvalue weighted by Crippen LogP contribution is 2.35. The Labute approximate surface area is 147 Å². The zero-order valence-electron chi connectivity index (χ0n) is 12.1. The number of alkyl halides is 3. The lowest BCUT2D eigenvalue weighted by Crippen LogP contribution is -2.19. The van der Waals surface area contributed by atoms with E-state index >= 15 is 0 Å². The third-order valence-electron chi connectivity index (χ3n) is 2.65. The van der Waals surface area contributed by atoms with E-state index in [2.05, 4.69) is 25.7 Å². The molecule has 1 aliphatic rings. The molecule has 0 aliphatic carbocycles. The lowest BCUT2D eigenvalue weighted by atomic mass is 10.2. The molecule has 25 heavy (non-hydrogen) atoms. The molecule has 1 saturated heterocycles. The Kier molecular flexibility index (Phi) is 4.99. The molecule has 1 aromatic carbocycles. The molecule has 2 heterocycles. The minimum atomic E-state index is -4.55. The Balaban J connectivity index is 1.67. The van der Waals surface area contributed by atoms with Crippen LogP contribution in [0.2, 0.25) is 0 Å². The summed E-state index contributed by atoms with van der Waals surface area (Å²) >= 11 is 1.55. The second-order valence-electron chi connectivity index (χ2n) is 4.53. The van der Waals surface area contributed by atoms with E-state index < -0.39 is 11.2 Å². The van der Waals surface area contributed by atoms with Crippen molar-refractivity contribution in [2.75, 3.05) is 5.75 Å². The van der Waals surface area contributed by atoms with Gasteiger partial charge < -0.3 is 10.1 Å². The first-order valence-electron chi connectivity index (χ1n) is 6.62. The van der Waals surface area contributed by atoms with Crippen LogP contribution >= 0.6 is 23.1 Å². The fourth-order valence-electron chi connectivity index (χ4n) is 1.65. The molecule has 0 saturated carbocycles. The Hall–Kier alpha value is -2.47. The van der Waals surface area contributed by atoms with E-state index in [-0.39, 0.29) is 16.9 Å². The number of benzene rings is 1. The van der Waals surface area contributed by atoms with Crippen molar-refractivity contribution in [2.45, 2.75) is 6.18 Å². The van der Waals surface area contributed by atoms with E-state index in [0.717, 1.165) is 0 Å². The van der Waals surface area contributed by atoms with Crippen LogP contribution in [0.1, 0.15) is 10.6 Å². The number of aromatic nitrogens is 2. The molecule has 0 unspecified atom stereocenters. The number of ether oxygens (including phenoxy) is 1. The quantitative estimate of drug-likeness (QED) is 0.644. The van der Waals surface area contributed by atoms with Gasteiger partial charge in [-0.3, -0.25) is 4.79 Å². The number of hydrogen-bond acceptors (Lipinski definition) is 8. The summed E-state index contributed by atoms with van der Waals surface area (Å²) in [7, 11) is 0. The first kappa shape index (κ1) is 17.4. The number of amidine groups is 1. The van der Waals surface area contributed by atoms with Crippen LogP contribution in [0.25, 0.3) is 0 Å². The summed E-state index contributed by atoms with van der Waals surface area (Å²) in [5.74, 6) is 0.453. The number of hydrogen-bond donors (Lipinski definition) is 1. The molecular weight excluding hydrogens is 379 g/mol. The molecule has 1 amide bonds. The standard InChI is InChI=1S/C13H8F3N5O2S2/c14-13(15,16)10-19-21-12(25-10)23-8-3-1-2-7(4-8)5-17-20-11-18-9(22)6-24-11/h1-5H,6H2,(H,18,20,22). The number of carbonyl (C=O) groups is 1. The molecule has 0 radical (unpaired) electrons. The molecule has 1 N–H and O–H groups in total. The number of rotatable bonds is 4. The van der Waals surface area contributed by atoms with E-state index in [0.29, 0.717) is 27.8 Å². The highest BCUT2D eigenvalue weighted by atomic mass is 32.2. The Morgan fingerprint density at radius 3 is 2.84 bits per heavy atom. The van der Waals surface area contributed by atoms with Gasteiger partial charge in [-0.25, -0.2) is 0 Å². The van der Waals surface area contributed by atoms with Crippen LogP contribution in [0.3, 0.4) is 0 Å². The van der Waals surface area contributed by atoms with Crippen LogP contribution in [-0.2, 0) is 11.0 Å². The molecule has 0 atom stereocenters. The summed E-state index contributed by atoms with van der Waals surface area (Å²) < 4.78 is 42.7. The van der Waals surface area contributed by atoms with Gasteiger partial charge in [0.2, 0.25) is 10.9 Å². The summed E-state index contributed by atoms with van der Waals surface area (Å²) in [5.41, 5.74) is 0.608. The number of nitrogens with one attached hydrogen (secondary N) is 1. The van der Waals surface area contributed by atoms with Gasteiger partial charge in [0.15, 0.2) is 5.17 Å². The zero-order valence-corrected chi connectivity index (χ0v) is 13.8. The molecule has 2 aromatic rings. The third-order valence-corrected chi connectivity index (χ3v) is 4.36. The van der Waals surface area contributed by atoms with Gasteiger partial charge in [0.25, 0.3) is 5.19 Å². The molecular formula is C13H8F3N5O2S2. The van der Waals surface area contributed by atoms with Crippen LogP contribution in [0.4, 0.5) is 13.2 Å². The van der Waals surface area contributed by atoms with Gasteiger partial charge in [-0.2, -0.15) is 18.3 Å². The smallest absolute Gasteiger partial charge is 0.430 e. The number of amides is 1. The van der Waals surface area contributed by atoms with Gasteiger partial charge in [0, 0.05) is 0 Å². The monoisotopic (exact) mass is 387 g/mol. The van der Waals surface area contributed by atoms with Crippen LogP contribution < -0.4 is 10.1 Å². The molecule has 1 fully saturated rings. The minimum Gasteiger partial charge on any atom is -0.430 e. The van der Waals surface area contributed by atoms with E-state index in [9.17, 15) is 18.0 Å². The van der Waals surface area contributed by atoms with Crippen LogP contribution in [0.5, 0.6) is 10.9 Å². The fourth-order valence-corrected chi connectivity index (χ4v) is 2.87. The molecule has 0 bridgehead atoms. The molecule has 1 aromatic heterocycles. The number of nitrogens with zero attached hydrogens (tertiary/aromatic N) is 4. The largest absolute Gasteiger partial charge is 0.445 e. The van der Waals surface area contributed by atoms with Crippen LogP contribution in [0, 0.1) is 0 Å². The van der Waals surface area contributed by atoms with Gasteiger partial charge in [0.05, 0.1) is 12.0 Å². The van der Waals surface area contributed by atoms with Crippen molar-refractivity contribution in [3.8, 4) is 10.9 Å². The van der Waals surface area contributed by atoms with Crippen molar-refractivity contribution >= 4 is 40.4 Å². The van der Waals surface area contributed by atoms with E-state index in [4.69, 9.17) is 4.74 Å². The van der Waals surface area contributed by atoms with Crippen molar-refractivity contribution in [3.05, 3.63) is 34.8 Å². The lowest BCUT2D eigenvalue weighted by molar-refractivity contribution is -0.138. The number of thioether (sulfide) groups is 1. The number of carbonyl (C=O) groups excluding carboxylic acids is 1. The maximum atomic E-state index is 12.5. The van der Waals surface area contributed by atoms with Crippen molar-refractivity contribution in [1.82, 2.24) is 15.5 Å². The topological polar surface area (TPSA) is 88.8 Å². The van der Waals surface area contributed by atoms with E-state index in [1.165, 1.54) is 18.0 Å². The Bertz CT molecular complexity index is 850. The molecule has 130 valence electrons. The normalized spacial score (nSPS) is 16.6. The Morgan fingerprint density at radius 1 is 1.32 bits per heavy atom. The predicted molar refractivity (Wildman–Crippen MR) is 87.1 cm³/mol. The Morgan fingerprint density at radius 2 is 2.16 bits per heavy atom. The van der Waals surface area contributed by atoms with Crippen molar-refractivity contribution in [3.63, 3.8) is 0 Å². The average molecular weight is 387 g/mol. The second kappa shape index (κ2) is 7.19. The van der Waals surface area contributed by atoms with Crippen LogP contribution in [-0.4, -0.2) is 33.2 Å². The van der Waals surface area contributed by atoms with Gasteiger partial charge in [-0.1, -0.05) is 40.3 Å². The molecule has 0 spiro atoms. The first-order valence-corrected chi connectivity index (χ1v) is 8.43. The first-order chi connectivity index (χ1) is 11.9. The lowest BCUT2D eigenvalue weighted by Gasteiger charge is -2.01. The molecule has 1 aliphatic heterocycles. The van der Waals surface area contributed by atoms with Gasteiger partial charge in [-0.05, 0) is 17.7 Å². The summed E-state index contributed by atoms with van der Waals surface area (Å²) in [6.07, 6.45) is -3.13. The maximum Gasteiger partial charge on any atom is 0.445 e. The highest BCUT2D eigenvalue weighted by molar-refractivity contribution is 8.15. The van der Waals surface area contributed by atoms with E-state index in [1.54, 1.807) is 24.3 Å². The molecule has 3 rings (SSSR count). The van der Waals surface area contributed by atoms with Gasteiger partial charge >= 0.3 is 6.18 Å². The summed E-state index contributed by atoms with van der Waals surface area (Å²) in [6.45, 7) is 0. The van der Waals surface area contributed by atoms with Crippen LogP contribution in [0.15, 0.2) is 34.5 Å². The third kappa shape index (κ3) is 4.76. The number of halogens is 3. The summed E-state index contributed by atoms with van der Waals surface area (Å²) in [6, 6.07) is 6.46. The van der Waals surface area contributed by atoms with Gasteiger partial charge in [0.1, 0.15) is 5.75 Å². The summed E-state index contributed by atoms with van der Waals surface area (Å²) in [5, 5.41) is 15.7. The highest BCUT2D eigenvalue weighted by Gasteiger charge is 2.36. The van der Waals surface area contributed by atoms with Gasteiger partial charge in [-0.15, -0.1) is 10.2 Å². The maximum absolute atomic E-state index is 12.5. The summed E-state index contributed by atoms with van der Waals surface area (Å²) in [4.78, 5) is 11.0.